The number of carbonyl (C=O) groups excluding carboxylic acids is 1. The molecular formula is C12H16N2O3. The van der Waals surface area contributed by atoms with Crippen LogP contribution in [0.2, 0.25) is 0 Å². The van der Waals surface area contributed by atoms with E-state index in [1.165, 1.54) is 0 Å². The smallest absolute Gasteiger partial charge is 0.328 e. The van der Waals surface area contributed by atoms with Crippen LogP contribution in [0.5, 0.6) is 0 Å². The Balaban J connectivity index is 2.82. The molecule has 0 radical (unpaired) electrons. The fraction of sp³-hybridized carbons (Fsp3) is 0.333. The van der Waals surface area contributed by atoms with Gasteiger partial charge in [-0.25, -0.2) is 4.79 Å². The van der Waals surface area contributed by atoms with E-state index >= 15 is 0 Å². The number of anilines is 1. The van der Waals surface area contributed by atoms with Crippen LogP contribution in [0.3, 0.4) is 0 Å². The van der Waals surface area contributed by atoms with Gasteiger partial charge in [-0.05, 0) is 38.1 Å². The number of carbonyl (C=O) groups is 2. The maximum atomic E-state index is 11.3. The lowest BCUT2D eigenvalue weighted by Gasteiger charge is -2.22. The van der Waals surface area contributed by atoms with Crippen LogP contribution >= 0.6 is 0 Å². The summed E-state index contributed by atoms with van der Waals surface area (Å²) in [7, 11) is 1.56. The molecule has 0 unspecified atom stereocenters. The average Bonchev–Trinajstić information content (AvgIpc) is 2.28. The summed E-state index contributed by atoms with van der Waals surface area (Å²) in [6.07, 6.45) is 0. The van der Waals surface area contributed by atoms with E-state index in [1.807, 2.05) is 0 Å². The number of carboxylic acid groups (broad SMARTS) is 1. The van der Waals surface area contributed by atoms with E-state index in [0.29, 0.717) is 11.3 Å². The lowest BCUT2D eigenvalue weighted by molar-refractivity contribution is -0.141. The Bertz CT molecular complexity index is 424. The highest BCUT2D eigenvalue weighted by Crippen LogP contribution is 2.16. The Hall–Kier alpha value is -2.04. The lowest BCUT2D eigenvalue weighted by atomic mass is 10.1. The summed E-state index contributed by atoms with van der Waals surface area (Å²) in [4.78, 5) is 22.2. The van der Waals surface area contributed by atoms with Crippen LogP contribution in [0, 0.1) is 0 Å². The van der Waals surface area contributed by atoms with Crippen molar-refractivity contribution in [3.63, 3.8) is 0 Å². The highest BCUT2D eigenvalue weighted by Gasteiger charge is 2.26. The second-order valence-electron chi connectivity index (χ2n) is 4.21. The van der Waals surface area contributed by atoms with E-state index < -0.39 is 11.5 Å². The molecule has 0 aromatic heterocycles. The number of benzene rings is 1. The average molecular weight is 236 g/mol. The predicted octanol–water partition coefficient (Wildman–Crippen LogP) is 1.32. The van der Waals surface area contributed by atoms with E-state index in [9.17, 15) is 9.59 Å². The van der Waals surface area contributed by atoms with Crippen LogP contribution in [0.4, 0.5) is 5.69 Å². The number of rotatable bonds is 4. The zero-order chi connectivity index (χ0) is 13.1. The quantitative estimate of drug-likeness (QED) is 0.736. The van der Waals surface area contributed by atoms with Crippen LogP contribution in [-0.4, -0.2) is 29.6 Å². The first-order valence-electron chi connectivity index (χ1n) is 5.20. The molecule has 0 spiro atoms. The van der Waals surface area contributed by atoms with E-state index in [-0.39, 0.29) is 5.91 Å². The number of hydrogen-bond donors (Lipinski definition) is 3. The molecule has 0 aliphatic carbocycles. The standard InChI is InChI=1S/C12H16N2O3/c1-12(2,11(16)17)14-9-6-4-8(5-7-9)10(15)13-3/h4-7,14H,1-3H3,(H,13,15)(H,16,17). The summed E-state index contributed by atoms with van der Waals surface area (Å²) in [6.45, 7) is 3.14. The number of carboxylic acids is 1. The minimum atomic E-state index is -1.05. The van der Waals surface area contributed by atoms with Gasteiger partial charge in [0.15, 0.2) is 0 Å². The predicted molar refractivity (Wildman–Crippen MR) is 65.2 cm³/mol. The Labute approximate surface area is 99.8 Å². The monoisotopic (exact) mass is 236 g/mol. The molecule has 0 saturated carbocycles. The molecule has 0 aliphatic rings. The van der Waals surface area contributed by atoms with Crippen molar-refractivity contribution in [3.05, 3.63) is 29.8 Å². The van der Waals surface area contributed by atoms with Crippen LogP contribution in [0.25, 0.3) is 0 Å². The van der Waals surface area contributed by atoms with Gasteiger partial charge in [0.05, 0.1) is 0 Å². The van der Waals surface area contributed by atoms with Crippen LogP contribution < -0.4 is 10.6 Å². The summed E-state index contributed by atoms with van der Waals surface area (Å²) < 4.78 is 0. The maximum Gasteiger partial charge on any atom is 0.328 e. The molecule has 5 heteroatoms. The molecule has 17 heavy (non-hydrogen) atoms. The highest BCUT2D eigenvalue weighted by atomic mass is 16.4. The van der Waals surface area contributed by atoms with Gasteiger partial charge in [0, 0.05) is 18.3 Å². The van der Waals surface area contributed by atoms with Gasteiger partial charge >= 0.3 is 5.97 Å². The largest absolute Gasteiger partial charge is 0.480 e. The Morgan fingerprint density at radius 3 is 2.12 bits per heavy atom. The third-order valence-electron chi connectivity index (χ3n) is 2.37. The van der Waals surface area contributed by atoms with Crippen LogP contribution in [0.15, 0.2) is 24.3 Å². The summed E-state index contributed by atoms with van der Waals surface area (Å²) in [5.41, 5.74) is 0.144. The van der Waals surface area contributed by atoms with Gasteiger partial charge in [-0.2, -0.15) is 0 Å². The lowest BCUT2D eigenvalue weighted by Crippen LogP contribution is -2.39. The molecule has 3 N–H and O–H groups in total. The molecule has 0 aliphatic heterocycles. The summed E-state index contributed by atoms with van der Waals surface area (Å²) in [5, 5.41) is 14.3. The van der Waals surface area contributed by atoms with Gasteiger partial charge < -0.3 is 15.7 Å². The first-order chi connectivity index (χ1) is 7.86. The van der Waals surface area contributed by atoms with Gasteiger partial charge in [-0.1, -0.05) is 0 Å². The highest BCUT2D eigenvalue weighted by molar-refractivity contribution is 5.94. The van der Waals surface area contributed by atoms with E-state index in [1.54, 1.807) is 45.2 Å². The van der Waals surface area contributed by atoms with Gasteiger partial charge in [-0.3, -0.25) is 4.79 Å². The second-order valence-corrected chi connectivity index (χ2v) is 4.21. The summed E-state index contributed by atoms with van der Waals surface area (Å²) in [5.74, 6) is -1.11. The Morgan fingerprint density at radius 2 is 1.71 bits per heavy atom. The number of amides is 1. The molecule has 0 atom stereocenters. The zero-order valence-electron chi connectivity index (χ0n) is 10.1. The zero-order valence-corrected chi connectivity index (χ0v) is 10.1. The van der Waals surface area contributed by atoms with Crippen molar-refractivity contribution < 1.29 is 14.7 Å². The molecular weight excluding hydrogens is 220 g/mol. The molecule has 5 nitrogen and oxygen atoms in total. The molecule has 1 aromatic carbocycles. The molecule has 1 amide bonds. The van der Waals surface area contributed by atoms with Gasteiger partial charge in [0.1, 0.15) is 5.54 Å². The van der Waals surface area contributed by atoms with Gasteiger partial charge in [0.2, 0.25) is 0 Å². The number of nitrogens with one attached hydrogen (secondary N) is 2. The van der Waals surface area contributed by atoms with E-state index in [0.717, 1.165) is 0 Å². The summed E-state index contributed by atoms with van der Waals surface area (Å²) >= 11 is 0. The van der Waals surface area contributed by atoms with E-state index in [4.69, 9.17) is 5.11 Å². The van der Waals surface area contributed by atoms with Gasteiger partial charge in [0.25, 0.3) is 5.91 Å². The molecule has 0 heterocycles. The minimum absolute atomic E-state index is 0.172. The third kappa shape index (κ3) is 3.21. The van der Waals surface area contributed by atoms with Crippen LogP contribution in [-0.2, 0) is 4.79 Å². The molecule has 0 saturated heterocycles. The first-order valence-corrected chi connectivity index (χ1v) is 5.20. The van der Waals surface area contributed by atoms with Crippen molar-refractivity contribution in [1.82, 2.24) is 5.32 Å². The Morgan fingerprint density at radius 1 is 1.18 bits per heavy atom. The summed E-state index contributed by atoms with van der Waals surface area (Å²) in [6, 6.07) is 6.63. The molecule has 92 valence electrons. The fourth-order valence-corrected chi connectivity index (χ4v) is 1.26. The van der Waals surface area contributed by atoms with Crippen molar-refractivity contribution in [2.75, 3.05) is 12.4 Å². The molecule has 1 rings (SSSR count). The topological polar surface area (TPSA) is 78.4 Å². The van der Waals surface area contributed by atoms with Gasteiger partial charge in [-0.15, -0.1) is 0 Å². The normalized spacial score (nSPS) is 10.8. The maximum absolute atomic E-state index is 11.3. The second kappa shape index (κ2) is 4.86. The van der Waals surface area contributed by atoms with Crippen LogP contribution in [0.1, 0.15) is 24.2 Å². The van der Waals surface area contributed by atoms with E-state index in [2.05, 4.69) is 10.6 Å². The molecule has 1 aromatic rings. The Kier molecular flexibility index (Phi) is 3.73. The third-order valence-corrected chi connectivity index (χ3v) is 2.37. The fourth-order valence-electron chi connectivity index (χ4n) is 1.26. The number of hydrogen-bond acceptors (Lipinski definition) is 3. The van der Waals surface area contributed by atoms with Crippen molar-refractivity contribution in [3.8, 4) is 0 Å². The molecule has 0 fully saturated rings. The number of aliphatic carboxylic acids is 1. The van der Waals surface area contributed by atoms with Crippen molar-refractivity contribution >= 4 is 17.6 Å². The van der Waals surface area contributed by atoms with Crippen molar-refractivity contribution in [1.29, 1.82) is 0 Å². The first kappa shape index (κ1) is 13.0. The SMILES string of the molecule is CNC(=O)c1ccc(NC(C)(C)C(=O)O)cc1. The van der Waals surface area contributed by atoms with Crippen molar-refractivity contribution in [2.24, 2.45) is 0 Å². The molecule has 0 bridgehead atoms. The van der Waals surface area contributed by atoms with Crippen molar-refractivity contribution in [2.45, 2.75) is 19.4 Å². The minimum Gasteiger partial charge on any atom is -0.480 e.